The lowest BCUT2D eigenvalue weighted by molar-refractivity contribution is 0.296. The highest BCUT2D eigenvalue weighted by atomic mass is 16.5. The van der Waals surface area contributed by atoms with E-state index in [0.717, 1.165) is 48.7 Å². The van der Waals surface area contributed by atoms with Crippen molar-refractivity contribution < 1.29 is 14.2 Å². The van der Waals surface area contributed by atoms with Gasteiger partial charge in [-0.25, -0.2) is 0 Å². The molecule has 0 spiro atoms. The van der Waals surface area contributed by atoms with E-state index in [9.17, 15) is 0 Å². The first kappa shape index (κ1) is 16.6. The van der Waals surface area contributed by atoms with Gasteiger partial charge < -0.3 is 19.1 Å². The molecule has 2 aromatic rings. The molecule has 0 radical (unpaired) electrons. The maximum absolute atomic E-state index is 5.79. The van der Waals surface area contributed by atoms with Crippen molar-refractivity contribution in [2.24, 2.45) is 7.05 Å². The third-order valence-corrected chi connectivity index (χ3v) is 4.13. The topological polar surface area (TPSA) is 48.8 Å². The van der Waals surface area contributed by atoms with Gasteiger partial charge in [-0.3, -0.25) is 4.68 Å². The van der Waals surface area contributed by atoms with Crippen LogP contribution in [0.2, 0.25) is 0 Å². The van der Waals surface area contributed by atoms with Gasteiger partial charge in [0.05, 0.1) is 26.5 Å². The molecule has 6 heteroatoms. The molecule has 1 aromatic carbocycles. The lowest BCUT2D eigenvalue weighted by Crippen LogP contribution is -2.21. The van der Waals surface area contributed by atoms with Crippen LogP contribution in [0.4, 0.5) is 0 Å². The minimum Gasteiger partial charge on any atom is -0.496 e. The van der Waals surface area contributed by atoms with Crippen LogP contribution < -0.4 is 14.2 Å². The molecule has 0 N–H and O–H groups in total. The van der Waals surface area contributed by atoms with E-state index >= 15 is 0 Å². The van der Waals surface area contributed by atoms with Gasteiger partial charge in [-0.05, 0) is 25.1 Å². The first-order chi connectivity index (χ1) is 11.7. The van der Waals surface area contributed by atoms with Gasteiger partial charge in [0.2, 0.25) is 0 Å². The Morgan fingerprint density at radius 1 is 1.25 bits per heavy atom. The van der Waals surface area contributed by atoms with Gasteiger partial charge >= 0.3 is 0 Å². The van der Waals surface area contributed by atoms with Crippen LogP contribution in [0.1, 0.15) is 17.5 Å². The summed E-state index contributed by atoms with van der Waals surface area (Å²) < 4.78 is 18.9. The Balaban J connectivity index is 1.67. The minimum atomic E-state index is 0.681. The lowest BCUT2D eigenvalue weighted by atomic mass is 10.1. The molecule has 0 amide bonds. The van der Waals surface area contributed by atoms with Crippen molar-refractivity contribution in [3.63, 3.8) is 0 Å². The quantitative estimate of drug-likeness (QED) is 0.813. The van der Waals surface area contributed by atoms with Gasteiger partial charge in [-0.1, -0.05) is 0 Å². The van der Waals surface area contributed by atoms with E-state index in [2.05, 4.69) is 23.2 Å². The van der Waals surface area contributed by atoms with Crippen LogP contribution in [0, 0.1) is 0 Å². The van der Waals surface area contributed by atoms with E-state index in [1.54, 1.807) is 7.11 Å². The second-order valence-electron chi connectivity index (χ2n) is 6.17. The molecular weight excluding hydrogens is 306 g/mol. The molecule has 130 valence electrons. The van der Waals surface area contributed by atoms with Crippen molar-refractivity contribution in [3.05, 3.63) is 35.7 Å². The predicted molar refractivity (Wildman–Crippen MR) is 91.8 cm³/mol. The van der Waals surface area contributed by atoms with Crippen LogP contribution in [0.5, 0.6) is 17.2 Å². The van der Waals surface area contributed by atoms with E-state index in [0.29, 0.717) is 13.2 Å². The van der Waals surface area contributed by atoms with Crippen LogP contribution in [0.3, 0.4) is 0 Å². The Bertz CT molecular complexity index is 684. The molecule has 24 heavy (non-hydrogen) atoms. The highest BCUT2D eigenvalue weighted by Crippen LogP contribution is 2.36. The highest BCUT2D eigenvalue weighted by molar-refractivity contribution is 5.51. The minimum absolute atomic E-state index is 0.681. The molecule has 0 fully saturated rings. The second kappa shape index (κ2) is 7.57. The smallest absolute Gasteiger partial charge is 0.164 e. The molecule has 0 unspecified atom stereocenters. The normalized spacial score (nSPS) is 13.8. The van der Waals surface area contributed by atoms with Crippen LogP contribution in [0.15, 0.2) is 24.5 Å². The largest absolute Gasteiger partial charge is 0.496 e. The van der Waals surface area contributed by atoms with Gasteiger partial charge in [-0.2, -0.15) is 5.10 Å². The molecule has 0 saturated heterocycles. The zero-order valence-corrected chi connectivity index (χ0v) is 14.6. The fraction of sp³-hybridized carbons (Fsp3) is 0.500. The van der Waals surface area contributed by atoms with Crippen molar-refractivity contribution in [3.8, 4) is 17.2 Å². The lowest BCUT2D eigenvalue weighted by Gasteiger charge is -2.19. The monoisotopic (exact) mass is 331 g/mol. The molecule has 2 heterocycles. The number of aromatic nitrogens is 2. The van der Waals surface area contributed by atoms with Crippen LogP contribution in [0.25, 0.3) is 0 Å². The summed E-state index contributed by atoms with van der Waals surface area (Å²) in [5.41, 5.74) is 2.35. The summed E-state index contributed by atoms with van der Waals surface area (Å²) in [4.78, 5) is 2.27. The Kier molecular flexibility index (Phi) is 5.25. The molecule has 0 atom stereocenters. The van der Waals surface area contributed by atoms with E-state index in [-0.39, 0.29) is 0 Å². The zero-order valence-electron chi connectivity index (χ0n) is 14.6. The first-order valence-corrected chi connectivity index (χ1v) is 8.28. The molecule has 1 aliphatic rings. The Labute approximate surface area is 142 Å². The molecular formula is C18H25N3O3. The van der Waals surface area contributed by atoms with Crippen molar-refractivity contribution in [2.75, 3.05) is 33.9 Å². The van der Waals surface area contributed by atoms with Gasteiger partial charge in [-0.15, -0.1) is 0 Å². The molecule has 0 aliphatic carbocycles. The molecule has 3 rings (SSSR count). The summed E-state index contributed by atoms with van der Waals surface area (Å²) in [5, 5.41) is 4.21. The Hall–Kier alpha value is -2.21. The molecule has 1 aromatic heterocycles. The highest BCUT2D eigenvalue weighted by Gasteiger charge is 2.16. The third-order valence-electron chi connectivity index (χ3n) is 4.13. The zero-order chi connectivity index (χ0) is 16.9. The van der Waals surface area contributed by atoms with Gasteiger partial charge in [0.1, 0.15) is 5.75 Å². The van der Waals surface area contributed by atoms with E-state index < -0.39 is 0 Å². The predicted octanol–water partition coefficient (Wildman–Crippen LogP) is 2.26. The molecule has 0 saturated carbocycles. The fourth-order valence-electron chi connectivity index (χ4n) is 2.84. The summed E-state index contributed by atoms with van der Waals surface area (Å²) in [5.74, 6) is 2.42. The van der Waals surface area contributed by atoms with Crippen molar-refractivity contribution in [1.82, 2.24) is 14.7 Å². The second-order valence-corrected chi connectivity index (χ2v) is 6.17. The maximum atomic E-state index is 5.79. The van der Waals surface area contributed by atoms with Gasteiger partial charge in [0.25, 0.3) is 0 Å². The number of aryl methyl sites for hydroxylation is 1. The number of fused-ring (bicyclic) bond motifs is 1. The Morgan fingerprint density at radius 2 is 2.00 bits per heavy atom. The average Bonchev–Trinajstić information content (AvgIpc) is 2.85. The van der Waals surface area contributed by atoms with Crippen molar-refractivity contribution in [2.45, 2.75) is 19.4 Å². The SMILES string of the molecule is COc1cc2c(cc1CN(C)CCc1cnn(C)c1)OCCCO2. The maximum Gasteiger partial charge on any atom is 0.164 e. The van der Waals surface area contributed by atoms with Crippen LogP contribution in [-0.2, 0) is 20.0 Å². The van der Waals surface area contributed by atoms with Crippen LogP contribution in [-0.4, -0.2) is 48.6 Å². The summed E-state index contributed by atoms with van der Waals surface area (Å²) in [6, 6.07) is 3.98. The molecule has 6 nitrogen and oxygen atoms in total. The molecule has 1 aliphatic heterocycles. The fourth-order valence-corrected chi connectivity index (χ4v) is 2.84. The third kappa shape index (κ3) is 4.00. The van der Waals surface area contributed by atoms with E-state index in [4.69, 9.17) is 14.2 Å². The average molecular weight is 331 g/mol. The number of likely N-dealkylation sites (N-methyl/N-ethyl adjacent to an activating group) is 1. The first-order valence-electron chi connectivity index (χ1n) is 8.28. The standard InChI is InChI=1S/C18H25N3O3/c1-20(6-5-14-11-19-21(2)12-14)13-15-9-17-18(10-16(15)22-3)24-8-4-7-23-17/h9-12H,4-8,13H2,1-3H3. The number of hydrogen-bond donors (Lipinski definition) is 0. The number of rotatable bonds is 6. The number of ether oxygens (including phenoxy) is 3. The van der Waals surface area contributed by atoms with Crippen molar-refractivity contribution >= 4 is 0 Å². The number of benzene rings is 1. The van der Waals surface area contributed by atoms with Gasteiger partial charge in [0.15, 0.2) is 11.5 Å². The van der Waals surface area contributed by atoms with E-state index in [1.165, 1.54) is 5.56 Å². The van der Waals surface area contributed by atoms with Crippen molar-refractivity contribution in [1.29, 1.82) is 0 Å². The number of hydrogen-bond acceptors (Lipinski definition) is 5. The molecule has 0 bridgehead atoms. The summed E-state index contributed by atoms with van der Waals surface area (Å²) in [7, 11) is 5.74. The van der Waals surface area contributed by atoms with Crippen LogP contribution >= 0.6 is 0 Å². The number of nitrogens with zero attached hydrogens (tertiary/aromatic N) is 3. The number of methoxy groups -OCH3 is 1. The summed E-state index contributed by atoms with van der Waals surface area (Å²) in [6.07, 6.45) is 5.85. The van der Waals surface area contributed by atoms with Gasteiger partial charge in [0, 0.05) is 44.4 Å². The summed E-state index contributed by atoms with van der Waals surface area (Å²) in [6.45, 7) is 3.11. The summed E-state index contributed by atoms with van der Waals surface area (Å²) >= 11 is 0. The van der Waals surface area contributed by atoms with E-state index in [1.807, 2.05) is 30.1 Å². The Morgan fingerprint density at radius 3 is 2.67 bits per heavy atom.